The van der Waals surface area contributed by atoms with E-state index >= 15 is 0 Å². The molecule has 1 fully saturated rings. The van der Waals surface area contributed by atoms with Crippen LogP contribution in [-0.4, -0.2) is 29.9 Å². The number of nitrogens with zero attached hydrogens (tertiary/aromatic N) is 1. The fraction of sp³-hybridized carbons (Fsp3) is 0.364. The number of aryl methyl sites for hydroxylation is 2. The number of benzene rings is 2. The Bertz CT molecular complexity index is 815. The zero-order valence-corrected chi connectivity index (χ0v) is 14.8. The van der Waals surface area contributed by atoms with Crippen LogP contribution >= 0.6 is 0 Å². The fourth-order valence-electron chi connectivity index (χ4n) is 3.87. The largest absolute Gasteiger partial charge is 0.426 e. The minimum absolute atomic E-state index is 0.0387. The molecular formula is C22H23NO3. The minimum atomic E-state index is -0.369. The van der Waals surface area contributed by atoms with Gasteiger partial charge in [0.2, 0.25) is 5.91 Å². The summed E-state index contributed by atoms with van der Waals surface area (Å²) in [4.78, 5) is 26.5. The molecule has 1 aliphatic heterocycles. The number of likely N-dealkylation sites (tertiary alicyclic amines) is 1. The van der Waals surface area contributed by atoms with Gasteiger partial charge < -0.3 is 9.64 Å². The van der Waals surface area contributed by atoms with Gasteiger partial charge in [-0.1, -0.05) is 36.4 Å². The highest BCUT2D eigenvalue weighted by molar-refractivity contribution is 5.87. The van der Waals surface area contributed by atoms with E-state index in [9.17, 15) is 9.59 Å². The maximum Gasteiger partial charge on any atom is 0.316 e. The lowest BCUT2D eigenvalue weighted by Crippen LogP contribution is -2.29. The normalized spacial score (nSPS) is 18.8. The van der Waals surface area contributed by atoms with Gasteiger partial charge in [-0.15, -0.1) is 0 Å². The Balaban J connectivity index is 1.33. The Morgan fingerprint density at radius 3 is 2.73 bits per heavy atom. The van der Waals surface area contributed by atoms with E-state index in [-0.39, 0.29) is 24.2 Å². The van der Waals surface area contributed by atoms with E-state index in [1.165, 1.54) is 23.1 Å². The molecule has 134 valence electrons. The lowest BCUT2D eigenvalue weighted by Gasteiger charge is -2.16. The van der Waals surface area contributed by atoms with Gasteiger partial charge in [0.05, 0.1) is 5.92 Å². The van der Waals surface area contributed by atoms with Gasteiger partial charge in [-0.05, 0) is 54.5 Å². The van der Waals surface area contributed by atoms with Crippen molar-refractivity contribution in [3.63, 3.8) is 0 Å². The summed E-state index contributed by atoms with van der Waals surface area (Å²) in [6.07, 6.45) is 4.38. The van der Waals surface area contributed by atoms with E-state index in [0.29, 0.717) is 18.8 Å². The topological polar surface area (TPSA) is 46.6 Å². The molecule has 0 bridgehead atoms. The van der Waals surface area contributed by atoms with Crippen molar-refractivity contribution >= 4 is 11.9 Å². The fourth-order valence-corrected chi connectivity index (χ4v) is 3.87. The highest BCUT2D eigenvalue weighted by Crippen LogP contribution is 2.27. The number of esters is 1. The summed E-state index contributed by atoms with van der Waals surface area (Å²) in [5, 5.41) is 0. The van der Waals surface area contributed by atoms with Crippen molar-refractivity contribution in [3.8, 4) is 5.75 Å². The maximum absolute atomic E-state index is 12.5. The second-order valence-corrected chi connectivity index (χ2v) is 7.18. The first-order chi connectivity index (χ1) is 12.7. The Hall–Kier alpha value is -2.62. The van der Waals surface area contributed by atoms with Crippen LogP contribution in [0.5, 0.6) is 5.75 Å². The van der Waals surface area contributed by atoms with Gasteiger partial charge in [-0.2, -0.15) is 0 Å². The summed E-state index contributed by atoms with van der Waals surface area (Å²) in [5.41, 5.74) is 3.83. The highest BCUT2D eigenvalue weighted by atomic mass is 16.5. The molecule has 0 N–H and O–H groups in total. The van der Waals surface area contributed by atoms with Crippen molar-refractivity contribution in [2.24, 2.45) is 5.92 Å². The van der Waals surface area contributed by atoms with Crippen molar-refractivity contribution in [3.05, 3.63) is 65.2 Å². The van der Waals surface area contributed by atoms with Crippen molar-refractivity contribution in [1.82, 2.24) is 4.90 Å². The molecule has 1 atom stereocenters. The molecule has 2 aliphatic rings. The molecule has 4 nitrogen and oxygen atoms in total. The van der Waals surface area contributed by atoms with Gasteiger partial charge in [-0.25, -0.2) is 0 Å². The number of rotatable bonds is 5. The lowest BCUT2D eigenvalue weighted by molar-refractivity contribution is -0.139. The molecule has 26 heavy (non-hydrogen) atoms. The number of fused-ring (bicyclic) bond motifs is 1. The Kier molecular flexibility index (Phi) is 4.74. The monoisotopic (exact) mass is 349 g/mol. The maximum atomic E-state index is 12.5. The molecule has 0 saturated carbocycles. The van der Waals surface area contributed by atoms with Crippen LogP contribution < -0.4 is 4.74 Å². The van der Waals surface area contributed by atoms with Gasteiger partial charge in [0.1, 0.15) is 5.75 Å². The first-order valence-electron chi connectivity index (χ1n) is 9.34. The van der Waals surface area contributed by atoms with E-state index in [1.54, 1.807) is 4.90 Å². The number of amides is 1. The highest BCUT2D eigenvalue weighted by Gasteiger charge is 2.35. The Labute approximate surface area is 153 Å². The third-order valence-electron chi connectivity index (χ3n) is 5.35. The number of carbonyl (C=O) groups is 2. The summed E-state index contributed by atoms with van der Waals surface area (Å²) in [5.74, 6) is -0.0206. The van der Waals surface area contributed by atoms with Gasteiger partial charge in [0.15, 0.2) is 0 Å². The molecule has 1 aliphatic carbocycles. The summed E-state index contributed by atoms with van der Waals surface area (Å²) in [6.45, 7) is 1.10. The molecule has 0 aromatic heterocycles. The van der Waals surface area contributed by atoms with Crippen molar-refractivity contribution in [2.75, 3.05) is 13.1 Å². The predicted molar refractivity (Wildman–Crippen MR) is 98.9 cm³/mol. The number of carbonyl (C=O) groups excluding carboxylic acids is 2. The zero-order valence-electron chi connectivity index (χ0n) is 14.8. The van der Waals surface area contributed by atoms with Crippen molar-refractivity contribution in [2.45, 2.75) is 32.1 Å². The quantitative estimate of drug-likeness (QED) is 0.615. The number of hydrogen-bond donors (Lipinski definition) is 0. The second kappa shape index (κ2) is 7.32. The van der Waals surface area contributed by atoms with Crippen LogP contribution in [0.15, 0.2) is 48.5 Å². The summed E-state index contributed by atoms with van der Waals surface area (Å²) in [6, 6.07) is 16.0. The van der Waals surface area contributed by atoms with Gasteiger partial charge in [0.25, 0.3) is 0 Å². The van der Waals surface area contributed by atoms with E-state index in [2.05, 4.69) is 18.2 Å². The molecule has 1 saturated heterocycles. The van der Waals surface area contributed by atoms with Gasteiger partial charge >= 0.3 is 5.97 Å². The second-order valence-electron chi connectivity index (χ2n) is 7.18. The third-order valence-corrected chi connectivity index (χ3v) is 5.35. The molecule has 4 heteroatoms. The van der Waals surface area contributed by atoms with Crippen LogP contribution in [0.1, 0.15) is 29.5 Å². The third kappa shape index (κ3) is 3.64. The molecule has 0 radical (unpaired) electrons. The SMILES string of the molecule is O=C(Oc1ccc2c(c1)CCC2)[C@H]1CC(=O)N(CCc2ccccc2)C1. The summed E-state index contributed by atoms with van der Waals surface area (Å²) in [7, 11) is 0. The predicted octanol–water partition coefficient (Wildman–Crippen LogP) is 3.17. The first-order valence-corrected chi connectivity index (χ1v) is 9.34. The van der Waals surface area contributed by atoms with Crippen LogP contribution in [-0.2, 0) is 28.9 Å². The van der Waals surface area contributed by atoms with Crippen LogP contribution in [0.25, 0.3) is 0 Å². The molecular weight excluding hydrogens is 326 g/mol. The van der Waals surface area contributed by atoms with Crippen molar-refractivity contribution < 1.29 is 14.3 Å². The minimum Gasteiger partial charge on any atom is -0.426 e. The molecule has 0 unspecified atom stereocenters. The zero-order chi connectivity index (χ0) is 17.9. The molecule has 1 amide bonds. The van der Waals surface area contributed by atoms with Crippen LogP contribution in [0.2, 0.25) is 0 Å². The van der Waals surface area contributed by atoms with E-state index < -0.39 is 0 Å². The number of ether oxygens (including phenoxy) is 1. The summed E-state index contributed by atoms with van der Waals surface area (Å²) >= 11 is 0. The summed E-state index contributed by atoms with van der Waals surface area (Å²) < 4.78 is 5.57. The molecule has 4 rings (SSSR count). The Morgan fingerprint density at radius 2 is 1.88 bits per heavy atom. The van der Waals surface area contributed by atoms with E-state index in [4.69, 9.17) is 4.74 Å². The van der Waals surface area contributed by atoms with Crippen LogP contribution in [0.3, 0.4) is 0 Å². The average molecular weight is 349 g/mol. The first kappa shape index (κ1) is 16.8. The van der Waals surface area contributed by atoms with Gasteiger partial charge in [-0.3, -0.25) is 9.59 Å². The molecule has 2 aromatic carbocycles. The van der Waals surface area contributed by atoms with Crippen molar-refractivity contribution in [1.29, 1.82) is 0 Å². The lowest BCUT2D eigenvalue weighted by atomic mass is 10.1. The van der Waals surface area contributed by atoms with E-state index in [1.807, 2.05) is 30.3 Å². The standard InChI is InChI=1S/C22H23NO3/c24-21-14-19(15-23(21)12-11-16-5-2-1-3-6-16)22(25)26-20-10-9-17-7-4-8-18(17)13-20/h1-3,5-6,9-10,13,19H,4,7-8,11-12,14-15H2/t19-/m0/s1. The molecule has 2 aromatic rings. The molecule has 0 spiro atoms. The van der Waals surface area contributed by atoms with Crippen LogP contribution in [0, 0.1) is 5.92 Å². The van der Waals surface area contributed by atoms with Crippen LogP contribution in [0.4, 0.5) is 0 Å². The van der Waals surface area contributed by atoms with Gasteiger partial charge in [0, 0.05) is 19.5 Å². The van der Waals surface area contributed by atoms with E-state index in [0.717, 1.165) is 19.3 Å². The average Bonchev–Trinajstić information content (AvgIpc) is 3.27. The Morgan fingerprint density at radius 1 is 1.08 bits per heavy atom. The number of hydrogen-bond acceptors (Lipinski definition) is 3. The smallest absolute Gasteiger partial charge is 0.316 e. The molecule has 1 heterocycles.